The third-order valence-corrected chi connectivity index (χ3v) is 7.18. The van der Waals surface area contributed by atoms with Gasteiger partial charge in [0.1, 0.15) is 17.2 Å². The maximum atomic E-state index is 14.5. The summed E-state index contributed by atoms with van der Waals surface area (Å²) in [6, 6.07) is 5.81. The summed E-state index contributed by atoms with van der Waals surface area (Å²) in [5.41, 5.74) is 4.51. The summed E-state index contributed by atoms with van der Waals surface area (Å²) in [6.45, 7) is 1.53. The second kappa shape index (κ2) is 10.6. The Labute approximate surface area is 203 Å². The highest BCUT2D eigenvalue weighted by atomic mass is 32.2. The minimum absolute atomic E-state index is 0.180. The first kappa shape index (κ1) is 27.0. The van der Waals surface area contributed by atoms with Gasteiger partial charge in [0.05, 0.1) is 11.6 Å². The maximum Gasteiger partial charge on any atom is 0.433 e. The van der Waals surface area contributed by atoms with Crippen molar-refractivity contribution >= 4 is 22.9 Å². The number of benzene rings is 1. The lowest BCUT2D eigenvalue weighted by atomic mass is 9.76. The zero-order valence-electron chi connectivity index (χ0n) is 19.3. The molecule has 1 aliphatic carbocycles. The Morgan fingerprint density at radius 3 is 2.40 bits per heavy atom. The van der Waals surface area contributed by atoms with Gasteiger partial charge >= 0.3 is 6.18 Å². The molecule has 1 fully saturated rings. The standard InChI is InChI=1S/C23H28F4N4O3S/c1-14(15-8-10-19(18(24)12-15)31(2)35(33)34)21(32)30-22(28,16-6-4-3-5-7-16)17-9-11-20(29-13-17)23(25,26)27/h8-14,16H,3-7,28H2,1-2H3,(H,30,32)(H,33,34)/p-1. The third-order valence-electron chi connectivity index (χ3n) is 6.54. The summed E-state index contributed by atoms with van der Waals surface area (Å²) in [5.74, 6) is -2.49. The van der Waals surface area contributed by atoms with Crippen LogP contribution in [-0.2, 0) is 27.9 Å². The van der Waals surface area contributed by atoms with Gasteiger partial charge < -0.3 is 19.9 Å². The van der Waals surface area contributed by atoms with Crippen LogP contribution in [0.5, 0.6) is 0 Å². The lowest BCUT2D eigenvalue weighted by Gasteiger charge is -2.41. The molecule has 1 saturated carbocycles. The van der Waals surface area contributed by atoms with Crippen LogP contribution in [0.4, 0.5) is 23.2 Å². The second-order valence-corrected chi connectivity index (χ2v) is 9.75. The second-order valence-electron chi connectivity index (χ2n) is 8.77. The van der Waals surface area contributed by atoms with E-state index < -0.39 is 46.4 Å². The van der Waals surface area contributed by atoms with Gasteiger partial charge in [-0.25, -0.2) is 4.39 Å². The number of alkyl halides is 3. The summed E-state index contributed by atoms with van der Waals surface area (Å²) in [4.78, 5) is 16.7. The van der Waals surface area contributed by atoms with E-state index >= 15 is 0 Å². The number of anilines is 1. The number of rotatable bonds is 7. The van der Waals surface area contributed by atoms with Gasteiger partial charge in [-0.3, -0.25) is 14.0 Å². The first-order chi connectivity index (χ1) is 16.3. The fourth-order valence-electron chi connectivity index (χ4n) is 4.37. The number of amides is 1. The van der Waals surface area contributed by atoms with Crippen molar-refractivity contribution in [1.82, 2.24) is 10.3 Å². The summed E-state index contributed by atoms with van der Waals surface area (Å²) in [7, 11) is 1.18. The van der Waals surface area contributed by atoms with Crippen molar-refractivity contribution in [3.05, 3.63) is 59.2 Å². The van der Waals surface area contributed by atoms with Gasteiger partial charge in [0.15, 0.2) is 0 Å². The SMILES string of the molecule is CC(C(=O)NC(N)(c1ccc(C(F)(F)F)nc1)C1CCCCC1)c1ccc(N(C)S(=O)[O-])c(F)c1. The number of halogens is 4. The Bertz CT molecular complexity index is 1080. The molecule has 1 heterocycles. The number of hydrogen-bond donors (Lipinski definition) is 2. The average Bonchev–Trinajstić information content (AvgIpc) is 2.83. The Hall–Kier alpha value is -2.57. The Kier molecular flexibility index (Phi) is 8.17. The lowest BCUT2D eigenvalue weighted by molar-refractivity contribution is -0.141. The number of nitrogens with one attached hydrogen (secondary N) is 1. The predicted octanol–water partition coefficient (Wildman–Crippen LogP) is 4.08. The van der Waals surface area contributed by atoms with Gasteiger partial charge in [0.2, 0.25) is 5.91 Å². The van der Waals surface area contributed by atoms with Crippen molar-refractivity contribution in [3.63, 3.8) is 0 Å². The molecule has 3 rings (SSSR count). The number of hydrogen-bond acceptors (Lipinski definition) is 5. The first-order valence-corrected chi connectivity index (χ1v) is 12.1. The van der Waals surface area contributed by atoms with E-state index in [1.165, 1.54) is 32.2 Å². The molecule has 0 radical (unpaired) electrons. The Morgan fingerprint density at radius 1 is 1.23 bits per heavy atom. The van der Waals surface area contributed by atoms with E-state index in [0.29, 0.717) is 12.8 Å². The van der Waals surface area contributed by atoms with Crippen LogP contribution >= 0.6 is 0 Å². The van der Waals surface area contributed by atoms with Crippen molar-refractivity contribution in [2.45, 2.75) is 56.8 Å². The topological polar surface area (TPSA) is 111 Å². The van der Waals surface area contributed by atoms with Gasteiger partial charge in [-0.2, -0.15) is 13.2 Å². The summed E-state index contributed by atoms with van der Waals surface area (Å²) < 4.78 is 76.5. The van der Waals surface area contributed by atoms with E-state index in [1.54, 1.807) is 0 Å². The third kappa shape index (κ3) is 5.99. The molecule has 3 unspecified atom stereocenters. The van der Waals surface area contributed by atoms with Gasteiger partial charge in [-0.15, -0.1) is 0 Å². The summed E-state index contributed by atoms with van der Waals surface area (Å²) in [5, 5.41) is 2.80. The van der Waals surface area contributed by atoms with Gasteiger partial charge in [0, 0.05) is 30.1 Å². The molecular weight excluding hydrogens is 488 g/mol. The number of nitrogens with two attached hydrogens (primary N) is 1. The van der Waals surface area contributed by atoms with Crippen LogP contribution in [0.25, 0.3) is 0 Å². The minimum atomic E-state index is -4.61. The fraction of sp³-hybridized carbons (Fsp3) is 0.478. The molecular formula is C23H27F4N4O3S-. The van der Waals surface area contributed by atoms with Gasteiger partial charge in [0.25, 0.3) is 0 Å². The average molecular weight is 516 g/mol. The molecule has 1 aliphatic rings. The van der Waals surface area contributed by atoms with Crippen LogP contribution in [0.15, 0.2) is 36.5 Å². The van der Waals surface area contributed by atoms with E-state index in [1.807, 2.05) is 0 Å². The molecule has 0 bridgehead atoms. The molecule has 2 aromatic rings. The van der Waals surface area contributed by atoms with E-state index in [0.717, 1.165) is 41.9 Å². The highest BCUT2D eigenvalue weighted by molar-refractivity contribution is 7.80. The number of nitrogens with zero attached hydrogens (tertiary/aromatic N) is 2. The van der Waals surface area contributed by atoms with Crippen LogP contribution in [0.2, 0.25) is 0 Å². The molecule has 1 amide bonds. The number of carbonyl (C=O) groups excluding carboxylic acids is 1. The Morgan fingerprint density at radius 2 is 1.89 bits per heavy atom. The number of carbonyl (C=O) groups is 1. The highest BCUT2D eigenvalue weighted by Crippen LogP contribution is 2.37. The number of pyridine rings is 1. The van der Waals surface area contributed by atoms with Gasteiger partial charge in [-0.1, -0.05) is 31.4 Å². The Balaban J connectivity index is 1.89. The molecule has 1 aromatic heterocycles. The smallest absolute Gasteiger partial charge is 0.433 e. The molecule has 3 atom stereocenters. The van der Waals surface area contributed by atoms with Crippen molar-refractivity contribution in [2.75, 3.05) is 11.4 Å². The first-order valence-electron chi connectivity index (χ1n) is 11.1. The van der Waals surface area contributed by atoms with Crippen LogP contribution in [-0.4, -0.2) is 26.7 Å². The molecule has 1 aromatic carbocycles. The maximum absolute atomic E-state index is 14.5. The predicted molar refractivity (Wildman–Crippen MR) is 122 cm³/mol. The van der Waals surface area contributed by atoms with Crippen molar-refractivity contribution < 1.29 is 31.1 Å². The van der Waals surface area contributed by atoms with E-state index in [2.05, 4.69) is 10.3 Å². The van der Waals surface area contributed by atoms with E-state index in [9.17, 15) is 31.1 Å². The lowest BCUT2D eigenvalue weighted by Crippen LogP contribution is -2.59. The zero-order chi connectivity index (χ0) is 26.0. The molecule has 0 saturated heterocycles. The van der Waals surface area contributed by atoms with Crippen molar-refractivity contribution in [2.24, 2.45) is 11.7 Å². The zero-order valence-corrected chi connectivity index (χ0v) is 20.1. The molecule has 12 heteroatoms. The molecule has 192 valence electrons. The van der Waals surface area contributed by atoms with Crippen LogP contribution in [0.3, 0.4) is 0 Å². The molecule has 3 N–H and O–H groups in total. The van der Waals surface area contributed by atoms with E-state index in [-0.39, 0.29) is 22.7 Å². The van der Waals surface area contributed by atoms with Gasteiger partial charge in [-0.05, 0) is 49.4 Å². The molecule has 35 heavy (non-hydrogen) atoms. The summed E-state index contributed by atoms with van der Waals surface area (Å²) in [6.07, 6.45) is 0.505. The highest BCUT2D eigenvalue weighted by Gasteiger charge is 2.41. The van der Waals surface area contributed by atoms with Crippen LogP contribution in [0, 0.1) is 11.7 Å². The summed E-state index contributed by atoms with van der Waals surface area (Å²) >= 11 is -2.67. The minimum Gasteiger partial charge on any atom is -0.755 e. The van der Waals surface area contributed by atoms with Crippen LogP contribution in [0.1, 0.15) is 61.8 Å². The monoisotopic (exact) mass is 515 g/mol. The fourth-order valence-corrected chi connectivity index (χ4v) is 4.67. The molecule has 7 nitrogen and oxygen atoms in total. The largest absolute Gasteiger partial charge is 0.755 e. The molecule has 0 aliphatic heterocycles. The molecule has 0 spiro atoms. The number of aromatic nitrogens is 1. The van der Waals surface area contributed by atoms with E-state index in [4.69, 9.17) is 5.73 Å². The van der Waals surface area contributed by atoms with Crippen LogP contribution < -0.4 is 15.4 Å². The normalized spacial score (nSPS) is 18.4. The van der Waals surface area contributed by atoms with Crippen molar-refractivity contribution in [1.29, 1.82) is 0 Å². The van der Waals surface area contributed by atoms with Crippen molar-refractivity contribution in [3.8, 4) is 0 Å². The quantitative estimate of drug-likeness (QED) is 0.328.